The molecule has 7 heteroatoms. The largest absolute Gasteiger partial charge is 0.497 e. The van der Waals surface area contributed by atoms with Crippen LogP contribution in [0.15, 0.2) is 103 Å². The average Bonchev–Trinajstić information content (AvgIpc) is 2.95. The van der Waals surface area contributed by atoms with Crippen molar-refractivity contribution in [3.8, 4) is 17.2 Å². The summed E-state index contributed by atoms with van der Waals surface area (Å²) in [4.78, 5) is 28.4. The summed E-state index contributed by atoms with van der Waals surface area (Å²) in [5.74, 6) is 0.763. The predicted molar refractivity (Wildman–Crippen MR) is 144 cm³/mol. The number of anilines is 2. The molecular weight excluding hydrogens is 483 g/mol. The van der Waals surface area contributed by atoms with Gasteiger partial charge in [-0.2, -0.15) is 0 Å². The summed E-state index contributed by atoms with van der Waals surface area (Å²) in [6.45, 7) is 0. The number of halogens is 1. The first-order valence-electron chi connectivity index (χ1n) is 12.4. The number of amides is 2. The molecule has 5 rings (SSSR count). The van der Waals surface area contributed by atoms with E-state index in [0.717, 1.165) is 5.75 Å². The second-order valence-electron chi connectivity index (χ2n) is 9.03. The number of methoxy groups -OCH3 is 1. The first-order valence-corrected chi connectivity index (χ1v) is 12.4. The Balaban J connectivity index is 1.40. The van der Waals surface area contributed by atoms with Crippen LogP contribution in [0.4, 0.5) is 15.8 Å². The van der Waals surface area contributed by atoms with E-state index >= 15 is 0 Å². The lowest BCUT2D eigenvalue weighted by molar-refractivity contribution is -0.125. The minimum Gasteiger partial charge on any atom is -0.497 e. The molecule has 2 unspecified atom stereocenters. The molecule has 38 heavy (non-hydrogen) atoms. The molecule has 4 aromatic rings. The minimum atomic E-state index is -0.606. The molecule has 6 nitrogen and oxygen atoms in total. The van der Waals surface area contributed by atoms with Crippen molar-refractivity contribution in [1.29, 1.82) is 0 Å². The summed E-state index contributed by atoms with van der Waals surface area (Å²) in [6, 6.07) is 29.0. The molecule has 4 aromatic carbocycles. The highest BCUT2D eigenvalue weighted by atomic mass is 19.1. The van der Waals surface area contributed by atoms with Gasteiger partial charge in [0.05, 0.1) is 19.1 Å². The van der Waals surface area contributed by atoms with Gasteiger partial charge < -0.3 is 19.7 Å². The zero-order valence-corrected chi connectivity index (χ0v) is 20.8. The van der Waals surface area contributed by atoms with Crippen LogP contribution in [0.25, 0.3) is 0 Å². The van der Waals surface area contributed by atoms with Gasteiger partial charge in [-0.1, -0.05) is 30.3 Å². The van der Waals surface area contributed by atoms with Crippen molar-refractivity contribution in [3.05, 3.63) is 115 Å². The topological polar surface area (TPSA) is 67.9 Å². The maximum Gasteiger partial charge on any atom is 0.229 e. The molecule has 192 valence electrons. The van der Waals surface area contributed by atoms with Crippen molar-refractivity contribution in [2.45, 2.75) is 18.9 Å². The number of nitrogens with zero attached hydrogens (tertiary/aromatic N) is 1. The quantitative estimate of drug-likeness (QED) is 0.299. The van der Waals surface area contributed by atoms with Crippen LogP contribution in [0.2, 0.25) is 0 Å². The Hall–Kier alpha value is -4.65. The van der Waals surface area contributed by atoms with Crippen LogP contribution in [-0.4, -0.2) is 18.9 Å². The lowest BCUT2D eigenvalue weighted by atomic mass is 9.83. The lowest BCUT2D eigenvalue weighted by Gasteiger charge is -2.41. The Bertz CT molecular complexity index is 1390. The molecule has 1 aliphatic heterocycles. The molecule has 0 saturated carbocycles. The molecule has 0 spiro atoms. The summed E-state index contributed by atoms with van der Waals surface area (Å²) in [7, 11) is 1.57. The number of benzene rings is 4. The van der Waals surface area contributed by atoms with E-state index in [1.807, 2.05) is 30.3 Å². The van der Waals surface area contributed by atoms with Gasteiger partial charge in [0.2, 0.25) is 11.8 Å². The third-order valence-electron chi connectivity index (χ3n) is 6.60. The predicted octanol–water partition coefficient (Wildman–Crippen LogP) is 6.75. The molecular formula is C31H27FN2O4. The van der Waals surface area contributed by atoms with Crippen molar-refractivity contribution in [1.82, 2.24) is 0 Å². The second-order valence-corrected chi connectivity index (χ2v) is 9.03. The maximum atomic E-state index is 13.8. The van der Waals surface area contributed by atoms with Crippen molar-refractivity contribution in [3.63, 3.8) is 0 Å². The van der Waals surface area contributed by atoms with Gasteiger partial charge in [0.1, 0.15) is 23.1 Å². The van der Waals surface area contributed by atoms with Gasteiger partial charge in [-0.05, 0) is 84.8 Å². The SMILES string of the molecule is COc1ccc(N2C(=O)CCC(C(=O)Nc3ccc(Oc4ccccc4)cc3)C2c2ccc(F)cc2)cc1. The van der Waals surface area contributed by atoms with E-state index in [1.165, 1.54) is 12.1 Å². The molecule has 2 amide bonds. The fourth-order valence-electron chi connectivity index (χ4n) is 4.72. The Labute approximate surface area is 220 Å². The summed E-state index contributed by atoms with van der Waals surface area (Å²) in [5.41, 5.74) is 1.94. The van der Waals surface area contributed by atoms with E-state index in [9.17, 15) is 14.0 Å². The van der Waals surface area contributed by atoms with Crippen molar-refractivity contribution < 1.29 is 23.5 Å². The highest BCUT2D eigenvalue weighted by Crippen LogP contribution is 2.41. The summed E-state index contributed by atoms with van der Waals surface area (Å²) in [5, 5.41) is 2.99. The smallest absolute Gasteiger partial charge is 0.229 e. The van der Waals surface area contributed by atoms with Crippen LogP contribution in [0.3, 0.4) is 0 Å². The highest BCUT2D eigenvalue weighted by Gasteiger charge is 2.41. The monoisotopic (exact) mass is 510 g/mol. The fourth-order valence-corrected chi connectivity index (χ4v) is 4.72. The van der Waals surface area contributed by atoms with E-state index in [1.54, 1.807) is 72.7 Å². The molecule has 1 N–H and O–H groups in total. The Morgan fingerprint density at radius 2 is 1.47 bits per heavy atom. The first kappa shape index (κ1) is 25.0. The van der Waals surface area contributed by atoms with Gasteiger partial charge in [0.15, 0.2) is 0 Å². The van der Waals surface area contributed by atoms with E-state index in [0.29, 0.717) is 34.9 Å². The minimum absolute atomic E-state index is 0.101. The molecule has 0 aromatic heterocycles. The number of carbonyl (C=O) groups excluding carboxylic acids is 2. The number of hydrogen-bond donors (Lipinski definition) is 1. The van der Waals surface area contributed by atoms with E-state index in [-0.39, 0.29) is 24.1 Å². The third kappa shape index (κ3) is 5.52. The molecule has 2 atom stereocenters. The number of ether oxygens (including phenoxy) is 2. The van der Waals surface area contributed by atoms with Crippen molar-refractivity contribution in [2.75, 3.05) is 17.3 Å². The van der Waals surface area contributed by atoms with Gasteiger partial charge in [0, 0.05) is 17.8 Å². The Kier molecular flexibility index (Phi) is 7.35. The molecule has 1 heterocycles. The normalized spacial score (nSPS) is 17.1. The fraction of sp³-hybridized carbons (Fsp3) is 0.161. The van der Waals surface area contributed by atoms with E-state index in [2.05, 4.69) is 5.32 Å². The van der Waals surface area contributed by atoms with Crippen molar-refractivity contribution in [2.24, 2.45) is 5.92 Å². The lowest BCUT2D eigenvalue weighted by Crippen LogP contribution is -2.47. The van der Waals surface area contributed by atoms with E-state index < -0.39 is 12.0 Å². The van der Waals surface area contributed by atoms with Gasteiger partial charge in [-0.3, -0.25) is 9.59 Å². The number of piperidine rings is 1. The molecule has 1 aliphatic rings. The van der Waals surface area contributed by atoms with Crippen LogP contribution < -0.4 is 19.7 Å². The number of rotatable bonds is 7. The highest BCUT2D eigenvalue weighted by molar-refractivity contribution is 6.00. The Morgan fingerprint density at radius 1 is 0.842 bits per heavy atom. The van der Waals surface area contributed by atoms with Gasteiger partial charge in [-0.15, -0.1) is 0 Å². The number of nitrogens with one attached hydrogen (secondary N) is 1. The van der Waals surface area contributed by atoms with Crippen LogP contribution in [0, 0.1) is 11.7 Å². The number of hydrogen-bond acceptors (Lipinski definition) is 4. The van der Waals surface area contributed by atoms with Gasteiger partial charge >= 0.3 is 0 Å². The molecule has 0 radical (unpaired) electrons. The maximum absolute atomic E-state index is 13.8. The first-order chi connectivity index (χ1) is 18.5. The number of para-hydroxylation sites is 1. The zero-order chi connectivity index (χ0) is 26.5. The van der Waals surface area contributed by atoms with E-state index in [4.69, 9.17) is 9.47 Å². The van der Waals surface area contributed by atoms with Gasteiger partial charge in [0.25, 0.3) is 0 Å². The van der Waals surface area contributed by atoms with Crippen molar-refractivity contribution >= 4 is 23.2 Å². The summed E-state index contributed by atoms with van der Waals surface area (Å²) >= 11 is 0. The third-order valence-corrected chi connectivity index (χ3v) is 6.60. The van der Waals surface area contributed by atoms with Crippen LogP contribution in [0.1, 0.15) is 24.4 Å². The standard InChI is InChI=1S/C31H27FN2O4/c1-37-25-17-13-24(14-18-25)34-29(35)20-19-28(30(34)21-7-9-22(32)10-8-21)31(36)33-23-11-15-27(16-12-23)38-26-5-3-2-4-6-26/h2-18,28,30H,19-20H2,1H3,(H,33,36). The van der Waals surface area contributed by atoms with Crippen LogP contribution in [-0.2, 0) is 9.59 Å². The molecule has 0 bridgehead atoms. The number of carbonyl (C=O) groups is 2. The second kappa shape index (κ2) is 11.2. The summed E-state index contributed by atoms with van der Waals surface area (Å²) in [6.07, 6.45) is 0.584. The summed E-state index contributed by atoms with van der Waals surface area (Å²) < 4.78 is 24.9. The molecule has 1 fully saturated rings. The van der Waals surface area contributed by atoms with Crippen LogP contribution in [0.5, 0.6) is 17.2 Å². The average molecular weight is 511 g/mol. The Morgan fingerprint density at radius 3 is 2.13 bits per heavy atom. The van der Waals surface area contributed by atoms with Crippen LogP contribution >= 0.6 is 0 Å². The van der Waals surface area contributed by atoms with Gasteiger partial charge in [-0.25, -0.2) is 4.39 Å². The zero-order valence-electron chi connectivity index (χ0n) is 20.8. The molecule has 0 aliphatic carbocycles. The molecule has 1 saturated heterocycles.